The van der Waals surface area contributed by atoms with E-state index in [9.17, 15) is 0 Å². The molecule has 1 heterocycles. The van der Waals surface area contributed by atoms with E-state index in [1.807, 2.05) is 17.9 Å². The first-order chi connectivity index (χ1) is 9.59. The van der Waals surface area contributed by atoms with Crippen LogP contribution in [0.25, 0.3) is 0 Å². The summed E-state index contributed by atoms with van der Waals surface area (Å²) in [5.41, 5.74) is 3.01. The lowest BCUT2D eigenvalue weighted by Gasteiger charge is -2.53. The predicted octanol–water partition coefficient (Wildman–Crippen LogP) is 3.09. The van der Waals surface area contributed by atoms with Gasteiger partial charge in [0.2, 0.25) is 0 Å². The standard InChI is InChI=1S/C17H23N3/c1-17(2)15(13-7-5-4-6-8-13)11-16(17)18-12-14-9-10-19-20(14)3/h4-10,15-16,18H,11-12H2,1-3H3/t15-,16+/m0/s1. The zero-order valence-corrected chi connectivity index (χ0v) is 12.5. The van der Waals surface area contributed by atoms with Gasteiger partial charge in [-0.2, -0.15) is 5.10 Å². The van der Waals surface area contributed by atoms with Crippen LogP contribution in [-0.4, -0.2) is 15.8 Å². The first-order valence-corrected chi connectivity index (χ1v) is 7.34. The Hall–Kier alpha value is -1.61. The fourth-order valence-electron chi connectivity index (χ4n) is 3.33. The number of rotatable bonds is 4. The van der Waals surface area contributed by atoms with Crippen LogP contribution in [0.5, 0.6) is 0 Å². The summed E-state index contributed by atoms with van der Waals surface area (Å²) in [6, 6.07) is 13.5. The average molecular weight is 269 g/mol. The fourth-order valence-corrected chi connectivity index (χ4v) is 3.33. The third kappa shape index (κ3) is 2.27. The lowest BCUT2D eigenvalue weighted by molar-refractivity contribution is 0.0674. The number of aromatic nitrogens is 2. The summed E-state index contributed by atoms with van der Waals surface area (Å²) >= 11 is 0. The molecule has 0 spiro atoms. The molecule has 0 unspecified atom stereocenters. The summed E-state index contributed by atoms with van der Waals surface area (Å²) in [6.07, 6.45) is 3.07. The molecule has 0 aliphatic heterocycles. The largest absolute Gasteiger partial charge is 0.308 e. The molecule has 0 saturated heterocycles. The normalized spacial score (nSPS) is 24.4. The zero-order valence-electron chi connectivity index (χ0n) is 12.5. The molecule has 106 valence electrons. The van der Waals surface area contributed by atoms with Crippen LogP contribution in [0.2, 0.25) is 0 Å². The molecule has 2 atom stereocenters. The van der Waals surface area contributed by atoms with E-state index in [1.165, 1.54) is 17.7 Å². The van der Waals surface area contributed by atoms with Gasteiger partial charge in [-0.25, -0.2) is 0 Å². The third-order valence-corrected chi connectivity index (χ3v) is 4.92. The van der Waals surface area contributed by atoms with Crippen molar-refractivity contribution in [3.05, 3.63) is 53.9 Å². The Kier molecular flexibility index (Phi) is 3.38. The Labute approximate surface area is 121 Å². The Morgan fingerprint density at radius 1 is 1.25 bits per heavy atom. The zero-order chi connectivity index (χ0) is 14.2. The van der Waals surface area contributed by atoms with Crippen molar-refractivity contribution < 1.29 is 0 Å². The van der Waals surface area contributed by atoms with Crippen LogP contribution in [0.15, 0.2) is 42.6 Å². The molecule has 3 rings (SSSR count). The van der Waals surface area contributed by atoms with Crippen LogP contribution in [-0.2, 0) is 13.6 Å². The van der Waals surface area contributed by atoms with E-state index in [2.05, 4.69) is 60.7 Å². The van der Waals surface area contributed by atoms with Crippen molar-refractivity contribution in [1.29, 1.82) is 0 Å². The Bertz CT molecular complexity index is 571. The minimum Gasteiger partial charge on any atom is -0.308 e. The second-order valence-corrected chi connectivity index (χ2v) is 6.40. The van der Waals surface area contributed by atoms with Crippen LogP contribution in [0.3, 0.4) is 0 Å². The van der Waals surface area contributed by atoms with E-state index in [1.54, 1.807) is 0 Å². The van der Waals surface area contributed by atoms with Crippen molar-refractivity contribution >= 4 is 0 Å². The van der Waals surface area contributed by atoms with Gasteiger partial charge in [-0.1, -0.05) is 44.2 Å². The van der Waals surface area contributed by atoms with E-state index in [0.29, 0.717) is 17.4 Å². The molecule has 1 aliphatic rings. The van der Waals surface area contributed by atoms with Gasteiger partial charge < -0.3 is 5.32 Å². The molecule has 3 heteroatoms. The highest BCUT2D eigenvalue weighted by Gasteiger charge is 2.48. The second-order valence-electron chi connectivity index (χ2n) is 6.40. The monoisotopic (exact) mass is 269 g/mol. The number of nitrogens with one attached hydrogen (secondary N) is 1. The van der Waals surface area contributed by atoms with E-state index >= 15 is 0 Å². The second kappa shape index (κ2) is 5.06. The summed E-state index contributed by atoms with van der Waals surface area (Å²) in [5, 5.41) is 7.91. The van der Waals surface area contributed by atoms with Gasteiger partial charge in [0.1, 0.15) is 0 Å². The summed E-state index contributed by atoms with van der Waals surface area (Å²) in [4.78, 5) is 0. The number of nitrogens with zero attached hydrogens (tertiary/aromatic N) is 2. The topological polar surface area (TPSA) is 29.9 Å². The molecule has 1 aromatic heterocycles. The first kappa shape index (κ1) is 13.4. The van der Waals surface area contributed by atoms with Crippen molar-refractivity contribution in [2.45, 2.75) is 38.8 Å². The molecular weight excluding hydrogens is 246 g/mol. The van der Waals surface area contributed by atoms with Crippen molar-refractivity contribution in [2.75, 3.05) is 0 Å². The maximum Gasteiger partial charge on any atom is 0.0518 e. The van der Waals surface area contributed by atoms with E-state index in [4.69, 9.17) is 0 Å². The molecule has 0 radical (unpaired) electrons. The molecule has 2 aromatic rings. The fraction of sp³-hybridized carbons (Fsp3) is 0.471. The molecule has 0 bridgehead atoms. The number of aryl methyl sites for hydroxylation is 1. The smallest absolute Gasteiger partial charge is 0.0518 e. The Morgan fingerprint density at radius 3 is 2.60 bits per heavy atom. The molecule has 1 fully saturated rings. The van der Waals surface area contributed by atoms with E-state index in [-0.39, 0.29) is 0 Å². The van der Waals surface area contributed by atoms with Crippen LogP contribution >= 0.6 is 0 Å². The minimum absolute atomic E-state index is 0.306. The van der Waals surface area contributed by atoms with Gasteiger partial charge in [-0.15, -0.1) is 0 Å². The highest BCUT2D eigenvalue weighted by Crippen LogP contribution is 2.52. The van der Waals surface area contributed by atoms with Crippen molar-refractivity contribution in [1.82, 2.24) is 15.1 Å². The van der Waals surface area contributed by atoms with Crippen LogP contribution in [0, 0.1) is 5.41 Å². The van der Waals surface area contributed by atoms with Crippen molar-refractivity contribution in [3.63, 3.8) is 0 Å². The van der Waals surface area contributed by atoms with Crippen LogP contribution < -0.4 is 5.32 Å². The van der Waals surface area contributed by atoms with Gasteiger partial charge in [0.25, 0.3) is 0 Å². The number of hydrogen-bond acceptors (Lipinski definition) is 2. The van der Waals surface area contributed by atoms with Crippen LogP contribution in [0.1, 0.15) is 37.4 Å². The van der Waals surface area contributed by atoms with Gasteiger partial charge >= 0.3 is 0 Å². The Balaban J connectivity index is 1.63. The Morgan fingerprint density at radius 2 is 2.00 bits per heavy atom. The molecule has 20 heavy (non-hydrogen) atoms. The highest BCUT2D eigenvalue weighted by atomic mass is 15.3. The lowest BCUT2D eigenvalue weighted by Crippen LogP contribution is -2.55. The van der Waals surface area contributed by atoms with Gasteiger partial charge in [-0.3, -0.25) is 4.68 Å². The van der Waals surface area contributed by atoms with Crippen molar-refractivity contribution in [2.24, 2.45) is 12.5 Å². The molecule has 0 amide bonds. The van der Waals surface area contributed by atoms with Gasteiger partial charge in [0.05, 0.1) is 5.69 Å². The first-order valence-electron chi connectivity index (χ1n) is 7.34. The quantitative estimate of drug-likeness (QED) is 0.924. The summed E-state index contributed by atoms with van der Waals surface area (Å²) in [7, 11) is 2.00. The summed E-state index contributed by atoms with van der Waals surface area (Å²) < 4.78 is 1.94. The average Bonchev–Trinajstić information content (AvgIpc) is 2.84. The third-order valence-electron chi connectivity index (χ3n) is 4.92. The van der Waals surface area contributed by atoms with Gasteiger partial charge in [-0.05, 0) is 29.4 Å². The molecule has 1 aliphatic carbocycles. The maximum atomic E-state index is 4.21. The number of benzene rings is 1. The number of hydrogen-bond donors (Lipinski definition) is 1. The summed E-state index contributed by atoms with van der Waals surface area (Å²) in [6.45, 7) is 5.64. The van der Waals surface area contributed by atoms with E-state index < -0.39 is 0 Å². The molecule has 3 nitrogen and oxygen atoms in total. The van der Waals surface area contributed by atoms with E-state index in [0.717, 1.165) is 6.54 Å². The van der Waals surface area contributed by atoms with Gasteiger partial charge in [0, 0.05) is 25.8 Å². The molecular formula is C17H23N3. The SMILES string of the molecule is Cn1nccc1CN[C@@H]1C[C@@H](c2ccccc2)C1(C)C. The minimum atomic E-state index is 0.306. The van der Waals surface area contributed by atoms with Crippen LogP contribution in [0.4, 0.5) is 0 Å². The molecule has 1 aromatic carbocycles. The maximum absolute atomic E-state index is 4.21. The highest BCUT2D eigenvalue weighted by molar-refractivity contribution is 5.27. The van der Waals surface area contributed by atoms with Crippen molar-refractivity contribution in [3.8, 4) is 0 Å². The molecule has 1 saturated carbocycles. The lowest BCUT2D eigenvalue weighted by atomic mass is 9.56. The molecule has 1 N–H and O–H groups in total. The van der Waals surface area contributed by atoms with Gasteiger partial charge in [0.15, 0.2) is 0 Å². The summed E-state index contributed by atoms with van der Waals surface area (Å²) in [5.74, 6) is 0.660. The predicted molar refractivity (Wildman–Crippen MR) is 81.4 cm³/mol.